The van der Waals surface area contributed by atoms with Crippen LogP contribution in [0.4, 0.5) is 5.69 Å². The van der Waals surface area contributed by atoms with Crippen molar-refractivity contribution in [2.45, 2.75) is 26.7 Å². The number of nitrogens with zero attached hydrogens (tertiary/aromatic N) is 2. The average molecular weight is 442 g/mol. The van der Waals surface area contributed by atoms with Gasteiger partial charge in [-0.15, -0.1) is 0 Å². The lowest BCUT2D eigenvalue weighted by molar-refractivity contribution is -0.121. The molecular weight excluding hydrogens is 414 g/mol. The highest BCUT2D eigenvalue weighted by molar-refractivity contribution is 6.30. The van der Waals surface area contributed by atoms with E-state index in [0.29, 0.717) is 54.4 Å². The van der Waals surface area contributed by atoms with Crippen LogP contribution in [0.15, 0.2) is 48.5 Å². The Morgan fingerprint density at radius 2 is 1.77 bits per heavy atom. The van der Waals surface area contributed by atoms with Crippen LogP contribution in [0.5, 0.6) is 0 Å². The van der Waals surface area contributed by atoms with E-state index >= 15 is 0 Å². The highest BCUT2D eigenvalue weighted by atomic mass is 35.5. The maximum absolute atomic E-state index is 12.9. The third kappa shape index (κ3) is 5.64. The lowest BCUT2D eigenvalue weighted by Gasteiger charge is -2.32. The molecule has 164 valence electrons. The fraction of sp³-hybridized carbons (Fsp3) is 0.375. The minimum Gasteiger partial charge on any atom is -0.339 e. The van der Waals surface area contributed by atoms with Crippen molar-refractivity contribution in [1.82, 2.24) is 9.80 Å². The van der Waals surface area contributed by atoms with Crippen molar-refractivity contribution >= 4 is 35.0 Å². The van der Waals surface area contributed by atoms with Crippen molar-refractivity contribution in [1.29, 1.82) is 0 Å². The molecule has 0 spiro atoms. The van der Waals surface area contributed by atoms with Crippen molar-refractivity contribution in [3.8, 4) is 0 Å². The molecule has 1 atom stereocenters. The first kappa shape index (κ1) is 22.8. The first-order valence-electron chi connectivity index (χ1n) is 10.7. The number of anilines is 1. The zero-order valence-corrected chi connectivity index (χ0v) is 18.7. The smallest absolute Gasteiger partial charge is 0.253 e. The molecule has 0 aliphatic carbocycles. The lowest BCUT2D eigenvalue weighted by Crippen LogP contribution is -2.43. The molecule has 1 unspecified atom stereocenters. The second-order valence-electron chi connectivity index (χ2n) is 7.64. The number of hydrogen-bond donors (Lipinski definition) is 1. The number of rotatable bonds is 6. The SMILES string of the molecule is CCN(CC)C(=O)c1cccc(NC(=O)C2CCCN(C(=O)c3ccc(Cl)cc3)C2)c1. The first-order valence-corrected chi connectivity index (χ1v) is 11.1. The second kappa shape index (κ2) is 10.4. The quantitative estimate of drug-likeness (QED) is 0.726. The highest BCUT2D eigenvalue weighted by Crippen LogP contribution is 2.22. The van der Waals surface area contributed by atoms with Crippen LogP contribution in [-0.4, -0.2) is 53.7 Å². The molecule has 0 radical (unpaired) electrons. The summed E-state index contributed by atoms with van der Waals surface area (Å²) in [6, 6.07) is 13.8. The molecule has 6 nitrogen and oxygen atoms in total. The molecule has 0 aromatic heterocycles. The Kier molecular flexibility index (Phi) is 7.69. The summed E-state index contributed by atoms with van der Waals surface area (Å²) < 4.78 is 0. The molecule has 31 heavy (non-hydrogen) atoms. The summed E-state index contributed by atoms with van der Waals surface area (Å²) in [7, 11) is 0. The number of benzene rings is 2. The van der Waals surface area contributed by atoms with E-state index < -0.39 is 0 Å². The Morgan fingerprint density at radius 1 is 1.06 bits per heavy atom. The zero-order chi connectivity index (χ0) is 22.4. The number of amides is 3. The van der Waals surface area contributed by atoms with Crippen molar-refractivity contribution < 1.29 is 14.4 Å². The third-order valence-electron chi connectivity index (χ3n) is 5.60. The van der Waals surface area contributed by atoms with Gasteiger partial charge in [-0.1, -0.05) is 17.7 Å². The summed E-state index contributed by atoms with van der Waals surface area (Å²) in [5.74, 6) is -0.590. The Hall–Kier alpha value is -2.86. The summed E-state index contributed by atoms with van der Waals surface area (Å²) in [6.45, 7) is 6.13. The monoisotopic (exact) mass is 441 g/mol. The maximum Gasteiger partial charge on any atom is 0.253 e. The third-order valence-corrected chi connectivity index (χ3v) is 5.85. The van der Waals surface area contributed by atoms with Crippen LogP contribution in [0.2, 0.25) is 5.02 Å². The Morgan fingerprint density at radius 3 is 2.45 bits per heavy atom. The molecule has 1 aliphatic rings. The number of likely N-dealkylation sites (tertiary alicyclic amines) is 1. The fourth-order valence-electron chi connectivity index (χ4n) is 3.82. The molecule has 2 aromatic rings. The van der Waals surface area contributed by atoms with Gasteiger partial charge in [0, 0.05) is 48.0 Å². The van der Waals surface area contributed by atoms with Gasteiger partial charge < -0.3 is 15.1 Å². The van der Waals surface area contributed by atoms with Crippen molar-refractivity contribution in [3.63, 3.8) is 0 Å². The second-order valence-corrected chi connectivity index (χ2v) is 8.08. The number of halogens is 1. The predicted molar refractivity (Wildman–Crippen MR) is 122 cm³/mol. The molecule has 7 heteroatoms. The summed E-state index contributed by atoms with van der Waals surface area (Å²) in [6.07, 6.45) is 1.48. The molecule has 1 fully saturated rings. The van der Waals surface area contributed by atoms with E-state index in [-0.39, 0.29) is 23.6 Å². The van der Waals surface area contributed by atoms with Gasteiger partial charge in [0.15, 0.2) is 0 Å². The number of carbonyl (C=O) groups excluding carboxylic acids is 3. The number of carbonyl (C=O) groups is 3. The molecule has 2 aromatic carbocycles. The fourth-order valence-corrected chi connectivity index (χ4v) is 3.94. The topological polar surface area (TPSA) is 69.7 Å². The van der Waals surface area contributed by atoms with E-state index in [4.69, 9.17) is 11.6 Å². The summed E-state index contributed by atoms with van der Waals surface area (Å²) in [4.78, 5) is 41.7. The number of nitrogens with one attached hydrogen (secondary N) is 1. The molecule has 1 N–H and O–H groups in total. The Balaban J connectivity index is 1.65. The van der Waals surface area contributed by atoms with Crippen LogP contribution < -0.4 is 5.32 Å². The molecule has 1 aliphatic heterocycles. The largest absolute Gasteiger partial charge is 0.339 e. The highest BCUT2D eigenvalue weighted by Gasteiger charge is 2.29. The van der Waals surface area contributed by atoms with Gasteiger partial charge in [0.2, 0.25) is 5.91 Å². The standard InChI is InChI=1S/C24H28ClN3O3/c1-3-27(4-2)24(31)18-7-5-9-21(15-18)26-22(29)19-8-6-14-28(16-19)23(30)17-10-12-20(25)13-11-17/h5,7,9-13,15,19H,3-4,6,8,14,16H2,1-2H3,(H,26,29). The van der Waals surface area contributed by atoms with Crippen molar-refractivity contribution in [2.24, 2.45) is 5.92 Å². The van der Waals surface area contributed by atoms with Gasteiger partial charge in [-0.05, 0) is 69.2 Å². The van der Waals surface area contributed by atoms with Gasteiger partial charge in [0.25, 0.3) is 11.8 Å². The zero-order valence-electron chi connectivity index (χ0n) is 17.9. The van der Waals surface area contributed by atoms with Crippen LogP contribution in [0.3, 0.4) is 0 Å². The molecule has 0 bridgehead atoms. The van der Waals surface area contributed by atoms with Crippen molar-refractivity contribution in [2.75, 3.05) is 31.5 Å². The average Bonchev–Trinajstić information content (AvgIpc) is 2.80. The van der Waals surface area contributed by atoms with Crippen LogP contribution in [0, 0.1) is 5.92 Å². The summed E-state index contributed by atoms with van der Waals surface area (Å²) >= 11 is 5.91. The van der Waals surface area contributed by atoms with Crippen LogP contribution in [0.1, 0.15) is 47.4 Å². The van der Waals surface area contributed by atoms with Gasteiger partial charge in [-0.3, -0.25) is 14.4 Å². The molecule has 1 saturated heterocycles. The van der Waals surface area contributed by atoms with Crippen LogP contribution in [0.25, 0.3) is 0 Å². The van der Waals surface area contributed by atoms with Gasteiger partial charge in [-0.2, -0.15) is 0 Å². The van der Waals surface area contributed by atoms with Crippen LogP contribution in [-0.2, 0) is 4.79 Å². The summed E-state index contributed by atoms with van der Waals surface area (Å²) in [5.41, 5.74) is 1.70. The maximum atomic E-state index is 12.9. The molecule has 3 rings (SSSR count). The van der Waals surface area contributed by atoms with E-state index in [9.17, 15) is 14.4 Å². The molecule has 0 saturated carbocycles. The first-order chi connectivity index (χ1) is 14.9. The molecule has 3 amide bonds. The summed E-state index contributed by atoms with van der Waals surface area (Å²) in [5, 5.41) is 3.50. The van der Waals surface area contributed by atoms with Gasteiger partial charge in [-0.25, -0.2) is 0 Å². The van der Waals surface area contributed by atoms with E-state index in [2.05, 4.69) is 5.32 Å². The van der Waals surface area contributed by atoms with E-state index in [0.717, 1.165) is 6.42 Å². The van der Waals surface area contributed by atoms with Gasteiger partial charge in [0.05, 0.1) is 5.92 Å². The van der Waals surface area contributed by atoms with Gasteiger partial charge in [0.1, 0.15) is 0 Å². The Labute approximate surface area is 188 Å². The minimum atomic E-state index is -0.299. The van der Waals surface area contributed by atoms with E-state index in [1.807, 2.05) is 13.8 Å². The van der Waals surface area contributed by atoms with E-state index in [1.54, 1.807) is 58.3 Å². The normalized spacial score (nSPS) is 16.0. The lowest BCUT2D eigenvalue weighted by atomic mass is 9.96. The number of piperidine rings is 1. The van der Waals surface area contributed by atoms with Crippen molar-refractivity contribution in [3.05, 3.63) is 64.7 Å². The molecule has 1 heterocycles. The van der Waals surface area contributed by atoms with E-state index in [1.165, 1.54) is 0 Å². The molecular formula is C24H28ClN3O3. The van der Waals surface area contributed by atoms with Crippen LogP contribution >= 0.6 is 11.6 Å². The number of hydrogen-bond acceptors (Lipinski definition) is 3. The Bertz CT molecular complexity index is 941. The predicted octanol–water partition coefficient (Wildman–Crippen LogP) is 4.31. The minimum absolute atomic E-state index is 0.0569. The van der Waals surface area contributed by atoms with Gasteiger partial charge >= 0.3 is 0 Å².